The Morgan fingerprint density at radius 2 is 2.10 bits per heavy atom. The summed E-state index contributed by atoms with van der Waals surface area (Å²) in [5.41, 5.74) is 1.07. The van der Waals surface area contributed by atoms with E-state index in [0.717, 1.165) is 32.1 Å². The monoisotopic (exact) mass is 290 g/mol. The van der Waals surface area contributed by atoms with Gasteiger partial charge in [0.05, 0.1) is 11.7 Å². The maximum Gasteiger partial charge on any atom is 0.0942 e. The minimum absolute atomic E-state index is 0.289. The minimum Gasteiger partial charge on any atom is -0.390 e. The molecule has 1 aromatic rings. The average Bonchev–Trinajstić information content (AvgIpc) is 2.48. The standard InChI is InChI=1S/C19H30O2/c1-3-21-19(14-8-9-16(2)15-19)18(20)13-7-12-17-10-5-4-6-11-17/h4-6,10-11,16,18,20H,3,7-9,12-15H2,1-2H3. The van der Waals surface area contributed by atoms with Gasteiger partial charge in [0.1, 0.15) is 0 Å². The summed E-state index contributed by atoms with van der Waals surface area (Å²) in [6.07, 6.45) is 7.03. The predicted molar refractivity (Wildman–Crippen MR) is 87.4 cm³/mol. The van der Waals surface area contributed by atoms with Crippen LogP contribution in [0.4, 0.5) is 0 Å². The Morgan fingerprint density at radius 3 is 2.76 bits per heavy atom. The van der Waals surface area contributed by atoms with Crippen molar-refractivity contribution in [2.45, 2.75) is 70.5 Å². The van der Waals surface area contributed by atoms with E-state index in [1.165, 1.54) is 18.4 Å². The minimum atomic E-state index is -0.330. The van der Waals surface area contributed by atoms with Gasteiger partial charge in [-0.1, -0.05) is 50.1 Å². The van der Waals surface area contributed by atoms with Gasteiger partial charge in [-0.05, 0) is 50.5 Å². The van der Waals surface area contributed by atoms with Crippen LogP contribution < -0.4 is 0 Å². The van der Waals surface area contributed by atoms with Gasteiger partial charge in [-0.3, -0.25) is 0 Å². The van der Waals surface area contributed by atoms with Gasteiger partial charge in [0.2, 0.25) is 0 Å². The second-order valence-electron chi connectivity index (χ2n) is 6.59. The topological polar surface area (TPSA) is 29.5 Å². The summed E-state index contributed by atoms with van der Waals surface area (Å²) in [7, 11) is 0. The van der Waals surface area contributed by atoms with Crippen LogP contribution in [0.5, 0.6) is 0 Å². The van der Waals surface area contributed by atoms with Crippen LogP contribution in [0.3, 0.4) is 0 Å². The molecule has 0 spiro atoms. The molecule has 21 heavy (non-hydrogen) atoms. The molecule has 1 N–H and O–H groups in total. The van der Waals surface area contributed by atoms with Crippen LogP contribution in [0.1, 0.15) is 57.9 Å². The van der Waals surface area contributed by atoms with Crippen molar-refractivity contribution >= 4 is 0 Å². The highest BCUT2D eigenvalue weighted by atomic mass is 16.5. The molecule has 0 bridgehead atoms. The maximum atomic E-state index is 10.7. The first-order valence-electron chi connectivity index (χ1n) is 8.52. The lowest BCUT2D eigenvalue weighted by molar-refractivity contribution is -0.149. The van der Waals surface area contributed by atoms with Crippen molar-refractivity contribution in [3.05, 3.63) is 35.9 Å². The van der Waals surface area contributed by atoms with Crippen molar-refractivity contribution in [3.63, 3.8) is 0 Å². The average molecular weight is 290 g/mol. The number of benzene rings is 1. The molecule has 0 heterocycles. The number of aryl methyl sites for hydroxylation is 1. The lowest BCUT2D eigenvalue weighted by Crippen LogP contribution is -2.48. The fourth-order valence-corrected chi connectivity index (χ4v) is 3.77. The van der Waals surface area contributed by atoms with E-state index >= 15 is 0 Å². The van der Waals surface area contributed by atoms with Crippen LogP contribution in [0.25, 0.3) is 0 Å². The van der Waals surface area contributed by atoms with Gasteiger partial charge in [-0.25, -0.2) is 0 Å². The van der Waals surface area contributed by atoms with Crippen molar-refractivity contribution in [1.82, 2.24) is 0 Å². The smallest absolute Gasteiger partial charge is 0.0942 e. The summed E-state index contributed by atoms with van der Waals surface area (Å²) in [4.78, 5) is 0. The zero-order chi connectivity index (χ0) is 15.1. The van der Waals surface area contributed by atoms with Crippen molar-refractivity contribution in [3.8, 4) is 0 Å². The number of aliphatic hydroxyl groups is 1. The fraction of sp³-hybridized carbons (Fsp3) is 0.684. The zero-order valence-electron chi connectivity index (χ0n) is 13.6. The molecule has 1 saturated carbocycles. The van der Waals surface area contributed by atoms with E-state index in [4.69, 9.17) is 4.74 Å². The quantitative estimate of drug-likeness (QED) is 0.808. The maximum absolute atomic E-state index is 10.7. The molecule has 2 heteroatoms. The van der Waals surface area contributed by atoms with E-state index in [1.54, 1.807) is 0 Å². The second kappa shape index (κ2) is 7.95. The predicted octanol–water partition coefficient (Wildman–Crippen LogP) is 4.36. The summed E-state index contributed by atoms with van der Waals surface area (Å²) in [5, 5.41) is 10.7. The van der Waals surface area contributed by atoms with Crippen LogP contribution in [-0.2, 0) is 11.2 Å². The van der Waals surface area contributed by atoms with Crippen LogP contribution in [0.2, 0.25) is 0 Å². The molecule has 3 unspecified atom stereocenters. The molecule has 3 atom stereocenters. The fourth-order valence-electron chi connectivity index (χ4n) is 3.77. The molecule has 0 saturated heterocycles. The van der Waals surface area contributed by atoms with Gasteiger partial charge in [0.15, 0.2) is 0 Å². The third-order valence-corrected chi connectivity index (χ3v) is 4.82. The molecule has 2 nitrogen and oxygen atoms in total. The van der Waals surface area contributed by atoms with Gasteiger partial charge >= 0.3 is 0 Å². The molecule has 1 aliphatic rings. The normalized spacial score (nSPS) is 27.5. The van der Waals surface area contributed by atoms with E-state index in [1.807, 2.05) is 13.0 Å². The number of hydrogen-bond acceptors (Lipinski definition) is 2. The van der Waals surface area contributed by atoms with Gasteiger partial charge in [-0.15, -0.1) is 0 Å². The van der Waals surface area contributed by atoms with Gasteiger partial charge in [0, 0.05) is 6.61 Å². The molecule has 0 amide bonds. The molecule has 0 radical (unpaired) electrons. The summed E-state index contributed by atoms with van der Waals surface area (Å²) in [6.45, 7) is 5.02. The van der Waals surface area contributed by atoms with E-state index in [0.29, 0.717) is 12.5 Å². The number of aliphatic hydroxyl groups excluding tert-OH is 1. The largest absolute Gasteiger partial charge is 0.390 e. The summed E-state index contributed by atoms with van der Waals surface area (Å²) < 4.78 is 6.06. The van der Waals surface area contributed by atoms with E-state index in [2.05, 4.69) is 31.2 Å². The molecular weight excluding hydrogens is 260 g/mol. The highest BCUT2D eigenvalue weighted by Crippen LogP contribution is 2.39. The molecule has 118 valence electrons. The molecule has 1 fully saturated rings. The molecular formula is C19H30O2. The van der Waals surface area contributed by atoms with Gasteiger partial charge in [0.25, 0.3) is 0 Å². The summed E-state index contributed by atoms with van der Waals surface area (Å²) in [6, 6.07) is 10.5. The summed E-state index contributed by atoms with van der Waals surface area (Å²) >= 11 is 0. The van der Waals surface area contributed by atoms with E-state index in [-0.39, 0.29) is 11.7 Å². The molecule has 0 aliphatic heterocycles. The second-order valence-corrected chi connectivity index (χ2v) is 6.59. The van der Waals surface area contributed by atoms with Gasteiger partial charge in [-0.2, -0.15) is 0 Å². The lowest BCUT2D eigenvalue weighted by Gasteiger charge is -2.43. The van der Waals surface area contributed by atoms with Crippen molar-refractivity contribution in [2.75, 3.05) is 6.61 Å². The Hall–Kier alpha value is -0.860. The number of hydrogen-bond donors (Lipinski definition) is 1. The highest BCUT2D eigenvalue weighted by Gasteiger charge is 2.41. The molecule has 1 aliphatic carbocycles. The van der Waals surface area contributed by atoms with Crippen LogP contribution in [-0.4, -0.2) is 23.4 Å². The Morgan fingerprint density at radius 1 is 1.33 bits per heavy atom. The zero-order valence-corrected chi connectivity index (χ0v) is 13.6. The first-order chi connectivity index (χ1) is 10.2. The Balaban J connectivity index is 1.88. The van der Waals surface area contributed by atoms with Crippen LogP contribution >= 0.6 is 0 Å². The van der Waals surface area contributed by atoms with Crippen molar-refractivity contribution < 1.29 is 9.84 Å². The molecule has 1 aromatic carbocycles. The Labute approximate surface area is 129 Å². The number of ether oxygens (including phenoxy) is 1. The molecule has 0 aromatic heterocycles. The van der Waals surface area contributed by atoms with E-state index in [9.17, 15) is 5.11 Å². The SMILES string of the molecule is CCOC1(C(O)CCCc2ccccc2)CCCC(C)C1. The van der Waals surface area contributed by atoms with E-state index < -0.39 is 0 Å². The first-order valence-corrected chi connectivity index (χ1v) is 8.52. The lowest BCUT2D eigenvalue weighted by atomic mass is 9.74. The Kier molecular flexibility index (Phi) is 6.25. The number of rotatable bonds is 7. The van der Waals surface area contributed by atoms with Crippen molar-refractivity contribution in [2.24, 2.45) is 5.92 Å². The van der Waals surface area contributed by atoms with Crippen LogP contribution in [0.15, 0.2) is 30.3 Å². The highest BCUT2D eigenvalue weighted by molar-refractivity contribution is 5.14. The van der Waals surface area contributed by atoms with Crippen LogP contribution in [0, 0.1) is 5.92 Å². The third-order valence-electron chi connectivity index (χ3n) is 4.82. The summed E-state index contributed by atoms with van der Waals surface area (Å²) in [5.74, 6) is 0.661. The third kappa shape index (κ3) is 4.55. The molecule has 2 rings (SSSR count). The van der Waals surface area contributed by atoms with Crippen molar-refractivity contribution in [1.29, 1.82) is 0 Å². The Bertz CT molecular complexity index is 399. The first kappa shape index (κ1) is 16.5. The van der Waals surface area contributed by atoms with Gasteiger partial charge < -0.3 is 9.84 Å².